The molecule has 1 aliphatic heterocycles. The maximum Gasteiger partial charge on any atom is 0.328 e. The van der Waals surface area contributed by atoms with Gasteiger partial charge in [-0.15, -0.1) is 0 Å². The maximum atomic E-state index is 11.5. The minimum Gasteiger partial charge on any atom is -0.267 e. The fourth-order valence-electron chi connectivity index (χ4n) is 1.29. The molecule has 22 heavy (non-hydrogen) atoms. The molecule has 1 saturated heterocycles. The Morgan fingerprint density at radius 3 is 1.55 bits per heavy atom. The van der Waals surface area contributed by atoms with Crippen LogP contribution < -0.4 is 0 Å². The number of oxime groups is 2. The maximum absolute atomic E-state index is 11.5. The van der Waals surface area contributed by atoms with Crippen molar-refractivity contribution < 1.29 is 25.4 Å². The molecule has 0 bridgehead atoms. The van der Waals surface area contributed by atoms with Crippen LogP contribution in [0, 0.1) is 0 Å². The Morgan fingerprint density at radius 1 is 0.864 bits per heavy atom. The third-order valence-electron chi connectivity index (χ3n) is 2.12. The van der Waals surface area contributed by atoms with Gasteiger partial charge >= 0.3 is 20.2 Å². The highest BCUT2D eigenvalue weighted by molar-refractivity contribution is 8.27. The summed E-state index contributed by atoms with van der Waals surface area (Å²) in [5, 5.41) is 7.53. The van der Waals surface area contributed by atoms with Crippen molar-refractivity contribution in [3.63, 3.8) is 0 Å². The molecule has 1 fully saturated rings. The second-order valence-electron chi connectivity index (χ2n) is 4.16. The molecule has 0 aromatic heterocycles. The summed E-state index contributed by atoms with van der Waals surface area (Å²) in [5.41, 5.74) is 0. The van der Waals surface area contributed by atoms with E-state index in [0.29, 0.717) is 24.3 Å². The summed E-state index contributed by atoms with van der Waals surface area (Å²) < 4.78 is 55.0. The van der Waals surface area contributed by atoms with E-state index in [0.717, 1.165) is 0 Å². The Balaban J connectivity index is 2.83. The van der Waals surface area contributed by atoms with E-state index in [1.165, 1.54) is 23.5 Å². The van der Waals surface area contributed by atoms with Gasteiger partial charge in [0.1, 0.15) is 0 Å². The first-order valence-electron chi connectivity index (χ1n) is 6.54. The fraction of sp³-hybridized carbons (Fsp3) is 0.800. The first kappa shape index (κ1) is 19.6. The molecule has 0 aliphatic carbocycles. The molecular weight excluding hydrogens is 372 g/mol. The molecule has 0 unspecified atom stereocenters. The van der Waals surface area contributed by atoms with Crippen molar-refractivity contribution in [1.82, 2.24) is 0 Å². The zero-order chi connectivity index (χ0) is 16.6. The third-order valence-corrected chi connectivity index (χ3v) is 6.83. The van der Waals surface area contributed by atoms with Crippen LogP contribution in [0.15, 0.2) is 10.3 Å². The molecule has 0 saturated carbocycles. The van der Waals surface area contributed by atoms with Gasteiger partial charge in [-0.2, -0.15) is 16.8 Å². The third kappa shape index (κ3) is 7.20. The fourth-order valence-corrected chi connectivity index (χ4v) is 4.81. The normalized spacial score (nSPS) is 20.3. The molecule has 12 heteroatoms. The van der Waals surface area contributed by atoms with Gasteiger partial charge in [-0.05, 0) is 12.8 Å². The van der Waals surface area contributed by atoms with Gasteiger partial charge in [0, 0.05) is 11.5 Å². The highest BCUT2D eigenvalue weighted by Gasteiger charge is 2.21. The van der Waals surface area contributed by atoms with Crippen LogP contribution in [0.3, 0.4) is 0 Å². The summed E-state index contributed by atoms with van der Waals surface area (Å²) in [5.74, 6) is 1.08. The number of hydrogen-bond donors (Lipinski definition) is 0. The number of hydrogen-bond acceptors (Lipinski definition) is 10. The van der Waals surface area contributed by atoms with Crippen LogP contribution in [0.2, 0.25) is 0 Å². The van der Waals surface area contributed by atoms with E-state index in [2.05, 4.69) is 18.9 Å². The molecule has 0 atom stereocenters. The van der Waals surface area contributed by atoms with Crippen molar-refractivity contribution in [2.45, 2.75) is 26.7 Å². The lowest BCUT2D eigenvalue weighted by Crippen LogP contribution is -2.18. The average Bonchev–Trinajstić information content (AvgIpc) is 2.44. The van der Waals surface area contributed by atoms with Gasteiger partial charge in [0.15, 0.2) is 10.1 Å². The monoisotopic (exact) mass is 390 g/mol. The van der Waals surface area contributed by atoms with E-state index in [-0.39, 0.29) is 21.6 Å². The second kappa shape index (κ2) is 8.99. The first-order valence-corrected chi connectivity index (χ1v) is 11.7. The molecule has 0 aromatic carbocycles. The summed E-state index contributed by atoms with van der Waals surface area (Å²) in [6.07, 6.45) is 0.822. The van der Waals surface area contributed by atoms with E-state index >= 15 is 0 Å². The summed E-state index contributed by atoms with van der Waals surface area (Å²) in [6.45, 7) is 3.41. The Morgan fingerprint density at radius 2 is 1.23 bits per heavy atom. The van der Waals surface area contributed by atoms with Gasteiger partial charge in [-0.3, -0.25) is 8.57 Å². The van der Waals surface area contributed by atoms with Gasteiger partial charge in [0.2, 0.25) is 0 Å². The smallest absolute Gasteiger partial charge is 0.267 e. The van der Waals surface area contributed by atoms with Crippen LogP contribution in [-0.4, -0.2) is 49.9 Å². The molecule has 0 aromatic rings. The zero-order valence-corrected chi connectivity index (χ0v) is 15.5. The number of nitrogens with zero attached hydrogens (tertiary/aromatic N) is 2. The number of rotatable bonds is 8. The molecular formula is C10H18N2O6S4. The van der Waals surface area contributed by atoms with E-state index in [1.807, 2.05) is 0 Å². The van der Waals surface area contributed by atoms with E-state index in [9.17, 15) is 16.8 Å². The lowest BCUT2D eigenvalue weighted by molar-refractivity contribution is 0.336. The van der Waals surface area contributed by atoms with Crippen LogP contribution in [0.1, 0.15) is 26.7 Å². The first-order chi connectivity index (χ1) is 10.3. The molecule has 0 radical (unpaired) electrons. The van der Waals surface area contributed by atoms with Gasteiger partial charge < -0.3 is 0 Å². The highest BCUT2D eigenvalue weighted by Crippen LogP contribution is 2.23. The quantitative estimate of drug-likeness (QED) is 0.575. The van der Waals surface area contributed by atoms with Crippen LogP contribution in [0.5, 0.6) is 0 Å². The summed E-state index contributed by atoms with van der Waals surface area (Å²) in [7, 11) is -7.46. The molecule has 1 heterocycles. The largest absolute Gasteiger partial charge is 0.328 e. The second-order valence-corrected chi connectivity index (χ2v) is 9.68. The van der Waals surface area contributed by atoms with Crippen molar-refractivity contribution >= 4 is 53.8 Å². The summed E-state index contributed by atoms with van der Waals surface area (Å²) >= 11 is 2.46. The lowest BCUT2D eigenvalue weighted by atomic mass is 10.6. The van der Waals surface area contributed by atoms with Crippen LogP contribution in [-0.2, 0) is 28.8 Å². The van der Waals surface area contributed by atoms with Gasteiger partial charge in [0.25, 0.3) is 0 Å². The molecule has 1 aliphatic rings. The van der Waals surface area contributed by atoms with E-state index in [4.69, 9.17) is 0 Å². The van der Waals surface area contributed by atoms with E-state index in [1.54, 1.807) is 13.8 Å². The van der Waals surface area contributed by atoms with Crippen molar-refractivity contribution in [1.29, 1.82) is 0 Å². The van der Waals surface area contributed by atoms with E-state index < -0.39 is 20.2 Å². The Labute approximate surface area is 139 Å². The minimum absolute atomic E-state index is 0.143. The standard InChI is InChI=1S/C10H18N2O6S4/c1-3-7-21(13,14)17-11-9-10(20-6-5-19-9)12-18-22(15,16)8-4-2/h3-8H2,1-2H3. The van der Waals surface area contributed by atoms with Gasteiger partial charge in [-0.1, -0.05) is 47.7 Å². The Kier molecular flexibility index (Phi) is 8.00. The highest BCUT2D eigenvalue weighted by atomic mass is 32.2. The Hall–Kier alpha value is -0.460. The van der Waals surface area contributed by atoms with Crippen molar-refractivity contribution in [2.24, 2.45) is 10.3 Å². The molecule has 1 rings (SSSR count). The van der Waals surface area contributed by atoms with Crippen molar-refractivity contribution in [3.05, 3.63) is 0 Å². The SMILES string of the molecule is CCCS(=O)(=O)ON=C1SCCSC1=NOS(=O)(=O)CCC. The minimum atomic E-state index is -3.73. The van der Waals surface area contributed by atoms with Gasteiger partial charge in [-0.25, -0.2) is 0 Å². The predicted molar refractivity (Wildman–Crippen MR) is 90.1 cm³/mol. The molecule has 0 spiro atoms. The molecule has 0 N–H and O–H groups in total. The van der Waals surface area contributed by atoms with Crippen LogP contribution >= 0.6 is 23.5 Å². The summed E-state index contributed by atoms with van der Waals surface area (Å²) in [4.78, 5) is 0. The Bertz CT molecular complexity index is 570. The molecule has 0 amide bonds. The zero-order valence-electron chi connectivity index (χ0n) is 12.2. The summed E-state index contributed by atoms with van der Waals surface area (Å²) in [6, 6.07) is 0. The topological polar surface area (TPSA) is 111 Å². The average molecular weight is 391 g/mol. The van der Waals surface area contributed by atoms with Gasteiger partial charge in [0.05, 0.1) is 11.5 Å². The van der Waals surface area contributed by atoms with Crippen LogP contribution in [0.4, 0.5) is 0 Å². The molecule has 128 valence electrons. The van der Waals surface area contributed by atoms with Crippen LogP contribution in [0.25, 0.3) is 0 Å². The predicted octanol–water partition coefficient (Wildman–Crippen LogP) is 1.61. The molecule has 8 nitrogen and oxygen atoms in total. The lowest BCUT2D eigenvalue weighted by Gasteiger charge is -2.13. The van der Waals surface area contributed by atoms with Crippen molar-refractivity contribution in [3.8, 4) is 0 Å². The van der Waals surface area contributed by atoms with Crippen molar-refractivity contribution in [2.75, 3.05) is 23.0 Å². The number of thioether (sulfide) groups is 2.